The van der Waals surface area contributed by atoms with Crippen molar-refractivity contribution in [2.24, 2.45) is 0 Å². The van der Waals surface area contributed by atoms with Crippen LogP contribution in [0.15, 0.2) is 18.2 Å². The lowest BCUT2D eigenvalue weighted by molar-refractivity contribution is 0.149. The molecule has 0 bridgehead atoms. The molecule has 0 aromatic heterocycles. The van der Waals surface area contributed by atoms with Crippen molar-refractivity contribution in [1.29, 1.82) is 0 Å². The van der Waals surface area contributed by atoms with Gasteiger partial charge in [-0.2, -0.15) is 0 Å². The Bertz CT molecular complexity index is 440. The van der Waals surface area contributed by atoms with Crippen molar-refractivity contribution in [2.45, 2.75) is 44.7 Å². The monoisotopic (exact) mass is 260 g/mol. The van der Waals surface area contributed by atoms with E-state index in [1.807, 2.05) is 0 Å². The van der Waals surface area contributed by atoms with E-state index >= 15 is 0 Å². The highest BCUT2D eigenvalue weighted by molar-refractivity contribution is 5.65. The van der Waals surface area contributed by atoms with Gasteiger partial charge in [-0.15, -0.1) is 0 Å². The first-order valence-electron chi connectivity index (χ1n) is 7.47. The average Bonchev–Trinajstić information content (AvgIpc) is 2.46. The van der Waals surface area contributed by atoms with Crippen LogP contribution in [0.2, 0.25) is 0 Å². The third kappa shape index (κ3) is 2.44. The van der Waals surface area contributed by atoms with Crippen LogP contribution in [-0.4, -0.2) is 31.1 Å². The van der Waals surface area contributed by atoms with Gasteiger partial charge in [-0.1, -0.05) is 18.6 Å². The minimum Gasteiger partial charge on any atom is -0.495 e. The Morgan fingerprint density at radius 1 is 1.21 bits per heavy atom. The van der Waals surface area contributed by atoms with E-state index in [2.05, 4.69) is 35.3 Å². The second kappa shape index (κ2) is 5.41. The van der Waals surface area contributed by atoms with Gasteiger partial charge in [0.05, 0.1) is 12.8 Å². The quantitative estimate of drug-likeness (QED) is 0.881. The van der Waals surface area contributed by atoms with Gasteiger partial charge in [0.1, 0.15) is 5.75 Å². The summed E-state index contributed by atoms with van der Waals surface area (Å²) in [5.74, 6) is 0.978. The number of benzene rings is 1. The number of para-hydroxylation sites is 1. The third-order valence-corrected chi connectivity index (χ3v) is 4.44. The smallest absolute Gasteiger partial charge is 0.142 e. The molecule has 2 aliphatic heterocycles. The van der Waals surface area contributed by atoms with Crippen LogP contribution in [0, 0.1) is 0 Å². The fourth-order valence-electron chi connectivity index (χ4n) is 3.49. The largest absolute Gasteiger partial charge is 0.495 e. The first-order valence-corrected chi connectivity index (χ1v) is 7.47. The van der Waals surface area contributed by atoms with E-state index in [-0.39, 0.29) is 0 Å². The minimum absolute atomic E-state index is 0.510. The summed E-state index contributed by atoms with van der Waals surface area (Å²) in [6.07, 6.45) is 5.28. The van der Waals surface area contributed by atoms with Gasteiger partial charge in [0.15, 0.2) is 0 Å². The van der Waals surface area contributed by atoms with Crippen molar-refractivity contribution in [2.75, 3.05) is 25.5 Å². The number of nitrogens with one attached hydrogen (secondary N) is 1. The summed E-state index contributed by atoms with van der Waals surface area (Å²) in [4.78, 5) is 2.67. The molecule has 3 nitrogen and oxygen atoms in total. The molecular weight excluding hydrogens is 236 g/mol. The molecule has 19 heavy (non-hydrogen) atoms. The summed E-state index contributed by atoms with van der Waals surface area (Å²) in [7, 11) is 1.76. The molecule has 104 valence electrons. The lowest BCUT2D eigenvalue weighted by atomic mass is 9.90. The molecule has 1 saturated heterocycles. The number of fused-ring (bicyclic) bond motifs is 1. The maximum absolute atomic E-state index is 5.52. The molecule has 0 radical (unpaired) electrons. The Morgan fingerprint density at radius 2 is 2.00 bits per heavy atom. The second-order valence-corrected chi connectivity index (χ2v) is 5.82. The second-order valence-electron chi connectivity index (χ2n) is 5.82. The van der Waals surface area contributed by atoms with Crippen LogP contribution in [0.3, 0.4) is 0 Å². The number of anilines is 1. The molecule has 3 rings (SSSR count). The van der Waals surface area contributed by atoms with E-state index in [0.29, 0.717) is 12.1 Å². The van der Waals surface area contributed by atoms with Crippen LogP contribution in [0.4, 0.5) is 5.69 Å². The molecule has 2 atom stereocenters. The van der Waals surface area contributed by atoms with Gasteiger partial charge in [-0.3, -0.25) is 4.90 Å². The van der Waals surface area contributed by atoms with Gasteiger partial charge in [-0.05, 0) is 50.9 Å². The molecule has 1 aromatic carbocycles. The summed E-state index contributed by atoms with van der Waals surface area (Å²) >= 11 is 0. The van der Waals surface area contributed by atoms with Gasteiger partial charge in [0.2, 0.25) is 0 Å². The number of hydrogen-bond donors (Lipinski definition) is 1. The van der Waals surface area contributed by atoms with E-state index in [1.54, 1.807) is 7.11 Å². The van der Waals surface area contributed by atoms with Crippen molar-refractivity contribution in [3.05, 3.63) is 23.8 Å². The zero-order valence-electron chi connectivity index (χ0n) is 12.0. The van der Waals surface area contributed by atoms with Crippen LogP contribution >= 0.6 is 0 Å². The van der Waals surface area contributed by atoms with Gasteiger partial charge in [0, 0.05) is 12.1 Å². The number of ether oxygens (including phenoxy) is 1. The van der Waals surface area contributed by atoms with Gasteiger partial charge >= 0.3 is 0 Å². The summed E-state index contributed by atoms with van der Waals surface area (Å²) < 4.78 is 5.52. The third-order valence-electron chi connectivity index (χ3n) is 4.44. The summed E-state index contributed by atoms with van der Waals surface area (Å²) in [5, 5.41) is 3.60. The minimum atomic E-state index is 0.510. The molecule has 0 saturated carbocycles. The van der Waals surface area contributed by atoms with Crippen molar-refractivity contribution in [1.82, 2.24) is 4.90 Å². The normalized spacial score (nSPS) is 27.5. The number of rotatable bonds is 2. The molecule has 1 fully saturated rings. The van der Waals surface area contributed by atoms with E-state index in [1.165, 1.54) is 50.0 Å². The number of likely N-dealkylation sites (tertiary alicyclic amines) is 1. The SMILES string of the molecule is COc1cccc2c1NC(C)CC2N1CCCCC1. The number of methoxy groups -OCH3 is 1. The summed E-state index contributed by atoms with van der Waals surface area (Å²) in [6.45, 7) is 4.76. The highest BCUT2D eigenvalue weighted by Crippen LogP contribution is 2.42. The van der Waals surface area contributed by atoms with Crippen molar-refractivity contribution >= 4 is 5.69 Å². The zero-order valence-corrected chi connectivity index (χ0v) is 12.0. The van der Waals surface area contributed by atoms with Gasteiger partial charge in [-0.25, -0.2) is 0 Å². The Kier molecular flexibility index (Phi) is 3.65. The summed E-state index contributed by atoms with van der Waals surface area (Å²) in [5.41, 5.74) is 2.62. The standard InChI is InChI=1S/C16H24N2O/c1-12-11-14(18-9-4-3-5-10-18)13-7-6-8-15(19-2)16(13)17-12/h6-8,12,14,17H,3-5,9-11H2,1-2H3. The highest BCUT2D eigenvalue weighted by atomic mass is 16.5. The van der Waals surface area contributed by atoms with E-state index in [4.69, 9.17) is 4.74 Å². The Hall–Kier alpha value is -1.22. The molecular formula is C16H24N2O. The molecule has 1 N–H and O–H groups in total. The predicted octanol–water partition coefficient (Wildman–Crippen LogP) is 3.43. The van der Waals surface area contributed by atoms with Gasteiger partial charge in [0.25, 0.3) is 0 Å². The topological polar surface area (TPSA) is 24.5 Å². The fraction of sp³-hybridized carbons (Fsp3) is 0.625. The highest BCUT2D eigenvalue weighted by Gasteiger charge is 2.31. The Balaban J connectivity index is 1.94. The van der Waals surface area contributed by atoms with Crippen molar-refractivity contribution < 1.29 is 4.74 Å². The van der Waals surface area contributed by atoms with Crippen LogP contribution in [-0.2, 0) is 0 Å². The lowest BCUT2D eigenvalue weighted by Crippen LogP contribution is -2.39. The van der Waals surface area contributed by atoms with Crippen LogP contribution < -0.4 is 10.1 Å². The molecule has 0 spiro atoms. The Labute approximate surface area is 115 Å². The van der Waals surface area contributed by atoms with Crippen LogP contribution in [0.5, 0.6) is 5.75 Å². The van der Waals surface area contributed by atoms with Crippen molar-refractivity contribution in [3.63, 3.8) is 0 Å². The first kappa shape index (κ1) is 12.8. The van der Waals surface area contributed by atoms with E-state index < -0.39 is 0 Å². The molecule has 0 amide bonds. The van der Waals surface area contributed by atoms with Crippen molar-refractivity contribution in [3.8, 4) is 5.75 Å². The zero-order chi connectivity index (χ0) is 13.2. The first-order chi connectivity index (χ1) is 9.29. The molecule has 0 aliphatic carbocycles. The van der Waals surface area contributed by atoms with Gasteiger partial charge < -0.3 is 10.1 Å². The van der Waals surface area contributed by atoms with E-state index in [9.17, 15) is 0 Å². The number of piperidine rings is 1. The molecule has 2 aliphatic rings. The van der Waals surface area contributed by atoms with Crippen LogP contribution in [0.1, 0.15) is 44.2 Å². The molecule has 2 heterocycles. The molecule has 3 heteroatoms. The predicted molar refractivity (Wildman–Crippen MR) is 78.9 cm³/mol. The number of nitrogens with zero attached hydrogens (tertiary/aromatic N) is 1. The number of hydrogen-bond acceptors (Lipinski definition) is 3. The van der Waals surface area contributed by atoms with Crippen LogP contribution in [0.25, 0.3) is 0 Å². The maximum atomic E-state index is 5.52. The molecule has 1 aromatic rings. The maximum Gasteiger partial charge on any atom is 0.142 e. The molecule has 2 unspecified atom stereocenters. The lowest BCUT2D eigenvalue weighted by Gasteiger charge is -2.41. The Morgan fingerprint density at radius 3 is 2.74 bits per heavy atom. The average molecular weight is 260 g/mol. The van der Waals surface area contributed by atoms with E-state index in [0.717, 1.165) is 5.75 Å². The summed E-state index contributed by atoms with van der Waals surface area (Å²) in [6, 6.07) is 7.50. The fourth-order valence-corrected chi connectivity index (χ4v) is 3.49.